The number of carboxylic acids is 4. The van der Waals surface area contributed by atoms with E-state index in [-0.39, 0.29) is 44.8 Å². The molecule has 12 nitrogen and oxygen atoms in total. The van der Waals surface area contributed by atoms with Gasteiger partial charge in [0.2, 0.25) is 0 Å². The highest BCUT2D eigenvalue weighted by Crippen LogP contribution is 2.22. The lowest BCUT2D eigenvalue weighted by molar-refractivity contribution is 0.0676. The summed E-state index contributed by atoms with van der Waals surface area (Å²) in [6, 6.07) is 15.5. The van der Waals surface area contributed by atoms with E-state index in [2.05, 4.69) is 10.6 Å². The van der Waals surface area contributed by atoms with Gasteiger partial charge >= 0.3 is 23.9 Å². The van der Waals surface area contributed by atoms with Crippen molar-refractivity contribution in [3.05, 3.63) is 106 Å². The second kappa shape index (κ2) is 10.8. The Bertz CT molecular complexity index is 1570. The molecule has 0 aromatic heterocycles. The number of hydrogen-bond donors (Lipinski definition) is 6. The highest BCUT2D eigenvalue weighted by Gasteiger charge is 2.16. The predicted octanol–water partition coefficient (Wildman–Crippen LogP) is 4.14. The first kappa shape index (κ1) is 27.0. The summed E-state index contributed by atoms with van der Waals surface area (Å²) in [4.78, 5) is 70.8. The van der Waals surface area contributed by atoms with Gasteiger partial charge in [0.1, 0.15) is 0 Å². The Labute approximate surface area is 224 Å². The molecule has 0 aliphatic carbocycles. The van der Waals surface area contributed by atoms with E-state index in [1.54, 1.807) is 12.1 Å². The van der Waals surface area contributed by atoms with E-state index in [0.717, 1.165) is 36.4 Å². The molecule has 4 rings (SSSR count). The van der Waals surface area contributed by atoms with Gasteiger partial charge in [0.15, 0.2) is 0 Å². The SMILES string of the molecule is O=C(O)c1cc(NC(=O)c2ccc3cc(C(=O)Nc4cc(C(=O)O)cc(C(=O)O)c4)ccc3c2)cc(C(=O)O)c1. The van der Waals surface area contributed by atoms with Crippen LogP contribution in [0.25, 0.3) is 10.8 Å². The van der Waals surface area contributed by atoms with Crippen molar-refractivity contribution >= 4 is 57.8 Å². The second-order valence-electron chi connectivity index (χ2n) is 8.50. The van der Waals surface area contributed by atoms with Crippen LogP contribution in [-0.2, 0) is 0 Å². The number of anilines is 2. The Morgan fingerprint density at radius 3 is 0.975 bits per heavy atom. The largest absolute Gasteiger partial charge is 0.478 e. The number of nitrogens with one attached hydrogen (secondary N) is 2. The predicted molar refractivity (Wildman–Crippen MR) is 141 cm³/mol. The van der Waals surface area contributed by atoms with Gasteiger partial charge in [0.25, 0.3) is 11.8 Å². The molecule has 0 atom stereocenters. The van der Waals surface area contributed by atoms with Crippen LogP contribution in [0.15, 0.2) is 72.8 Å². The number of amides is 2. The van der Waals surface area contributed by atoms with E-state index in [4.69, 9.17) is 0 Å². The van der Waals surface area contributed by atoms with Gasteiger partial charge in [0.05, 0.1) is 22.3 Å². The molecule has 40 heavy (non-hydrogen) atoms. The Balaban J connectivity index is 1.56. The molecule has 6 N–H and O–H groups in total. The van der Waals surface area contributed by atoms with Gasteiger partial charge in [0, 0.05) is 22.5 Å². The molecule has 0 bridgehead atoms. The summed E-state index contributed by atoms with van der Waals surface area (Å²) in [7, 11) is 0. The minimum absolute atomic E-state index is 0.0209. The lowest BCUT2D eigenvalue weighted by Crippen LogP contribution is -2.14. The fraction of sp³-hybridized carbons (Fsp3) is 0. The second-order valence-corrected chi connectivity index (χ2v) is 8.50. The highest BCUT2D eigenvalue weighted by molar-refractivity contribution is 6.10. The minimum Gasteiger partial charge on any atom is -0.478 e. The fourth-order valence-corrected chi connectivity index (χ4v) is 3.83. The van der Waals surface area contributed by atoms with Gasteiger partial charge < -0.3 is 31.1 Å². The van der Waals surface area contributed by atoms with E-state index >= 15 is 0 Å². The smallest absolute Gasteiger partial charge is 0.335 e. The zero-order valence-corrected chi connectivity index (χ0v) is 20.2. The lowest BCUT2D eigenvalue weighted by Gasteiger charge is -2.10. The van der Waals surface area contributed by atoms with E-state index < -0.39 is 35.7 Å². The van der Waals surface area contributed by atoms with Crippen LogP contribution in [0.3, 0.4) is 0 Å². The summed E-state index contributed by atoms with van der Waals surface area (Å²) < 4.78 is 0. The zero-order chi connectivity index (χ0) is 29.1. The number of carboxylic acid groups (broad SMARTS) is 4. The molecule has 0 saturated heterocycles. The van der Waals surface area contributed by atoms with Crippen molar-refractivity contribution in [1.82, 2.24) is 0 Å². The summed E-state index contributed by atoms with van der Waals surface area (Å²) in [5.74, 6) is -6.70. The van der Waals surface area contributed by atoms with Gasteiger partial charge in [-0.1, -0.05) is 12.1 Å². The number of aromatic carboxylic acids is 4. The van der Waals surface area contributed by atoms with Crippen LogP contribution >= 0.6 is 0 Å². The zero-order valence-electron chi connectivity index (χ0n) is 20.2. The Morgan fingerprint density at radius 1 is 0.400 bits per heavy atom. The molecule has 0 saturated carbocycles. The molecule has 12 heteroatoms. The maximum Gasteiger partial charge on any atom is 0.335 e. The van der Waals surface area contributed by atoms with Crippen molar-refractivity contribution in [2.24, 2.45) is 0 Å². The van der Waals surface area contributed by atoms with Crippen molar-refractivity contribution in [2.75, 3.05) is 10.6 Å². The Morgan fingerprint density at radius 2 is 0.700 bits per heavy atom. The third kappa shape index (κ3) is 5.92. The van der Waals surface area contributed by atoms with Gasteiger partial charge in [-0.3, -0.25) is 9.59 Å². The average molecular weight is 542 g/mol. The molecule has 2 amide bonds. The number of fused-ring (bicyclic) bond motifs is 1. The number of rotatable bonds is 8. The first-order valence-corrected chi connectivity index (χ1v) is 11.3. The van der Waals surface area contributed by atoms with Crippen LogP contribution in [0.1, 0.15) is 62.1 Å². The van der Waals surface area contributed by atoms with Crippen LogP contribution in [-0.4, -0.2) is 56.1 Å². The van der Waals surface area contributed by atoms with E-state index in [0.29, 0.717) is 10.8 Å². The molecule has 0 radical (unpaired) electrons. The van der Waals surface area contributed by atoms with Crippen molar-refractivity contribution in [3.63, 3.8) is 0 Å². The summed E-state index contributed by atoms with van der Waals surface area (Å²) in [5.41, 5.74) is -0.939. The number of carbonyl (C=O) groups excluding carboxylic acids is 2. The van der Waals surface area contributed by atoms with Gasteiger partial charge in [-0.2, -0.15) is 0 Å². The standard InChI is InChI=1S/C28H18N2O10/c31-23(29-21-9-17(25(33)34)7-18(10-21)26(35)36)15-3-1-13-5-16(4-2-14(13)6-15)24(32)30-22-11-19(27(37)38)8-20(12-22)28(39)40/h1-12H,(H,29,31)(H,30,32)(H,33,34)(H,35,36)(H,37,38)(H,39,40). The maximum absolute atomic E-state index is 12.8. The maximum atomic E-state index is 12.8. The molecular formula is C28H18N2O10. The molecule has 4 aromatic rings. The number of carbonyl (C=O) groups is 6. The summed E-state index contributed by atoms with van der Waals surface area (Å²) in [6.07, 6.45) is 0. The topological polar surface area (TPSA) is 207 Å². The van der Waals surface area contributed by atoms with Crippen LogP contribution in [0.2, 0.25) is 0 Å². The van der Waals surface area contributed by atoms with Gasteiger partial charge in [-0.15, -0.1) is 0 Å². The molecule has 4 aromatic carbocycles. The summed E-state index contributed by atoms with van der Waals surface area (Å²) in [5, 5.41) is 43.0. The summed E-state index contributed by atoms with van der Waals surface area (Å²) in [6.45, 7) is 0. The monoisotopic (exact) mass is 542 g/mol. The van der Waals surface area contributed by atoms with E-state index in [9.17, 15) is 49.2 Å². The number of benzene rings is 4. The van der Waals surface area contributed by atoms with Crippen molar-refractivity contribution in [1.29, 1.82) is 0 Å². The van der Waals surface area contributed by atoms with Gasteiger partial charge in [-0.05, 0) is 71.4 Å². The van der Waals surface area contributed by atoms with Crippen molar-refractivity contribution < 1.29 is 49.2 Å². The first-order chi connectivity index (χ1) is 18.9. The molecule has 0 heterocycles. The normalized spacial score (nSPS) is 10.5. The molecule has 0 unspecified atom stereocenters. The average Bonchev–Trinajstić information content (AvgIpc) is 2.91. The molecule has 0 fully saturated rings. The third-order valence-electron chi connectivity index (χ3n) is 5.73. The minimum atomic E-state index is -1.36. The quantitative estimate of drug-likeness (QED) is 0.187. The van der Waals surface area contributed by atoms with E-state index in [1.807, 2.05) is 0 Å². The van der Waals surface area contributed by atoms with Crippen molar-refractivity contribution in [2.45, 2.75) is 0 Å². The first-order valence-electron chi connectivity index (χ1n) is 11.3. The van der Waals surface area contributed by atoms with Gasteiger partial charge in [-0.25, -0.2) is 19.2 Å². The van der Waals surface area contributed by atoms with E-state index in [1.165, 1.54) is 24.3 Å². The Kier molecular flexibility index (Phi) is 7.26. The van der Waals surface area contributed by atoms with Crippen LogP contribution in [0, 0.1) is 0 Å². The third-order valence-corrected chi connectivity index (χ3v) is 5.73. The van der Waals surface area contributed by atoms with Crippen LogP contribution in [0.5, 0.6) is 0 Å². The van der Waals surface area contributed by atoms with Crippen LogP contribution in [0.4, 0.5) is 11.4 Å². The summed E-state index contributed by atoms with van der Waals surface area (Å²) >= 11 is 0. The van der Waals surface area contributed by atoms with Crippen molar-refractivity contribution in [3.8, 4) is 0 Å². The number of hydrogen-bond acceptors (Lipinski definition) is 6. The molecule has 0 spiro atoms. The Hall–Kier alpha value is -6.04. The molecule has 200 valence electrons. The fourth-order valence-electron chi connectivity index (χ4n) is 3.83. The molecular weight excluding hydrogens is 524 g/mol. The molecule has 0 aliphatic rings. The highest BCUT2D eigenvalue weighted by atomic mass is 16.4. The van der Waals surface area contributed by atoms with Crippen LogP contribution < -0.4 is 10.6 Å². The lowest BCUT2D eigenvalue weighted by atomic mass is 10.0. The molecule has 0 aliphatic heterocycles.